The number of hydrogen-bond donors (Lipinski definition) is 1. The van der Waals surface area contributed by atoms with Gasteiger partial charge in [-0.2, -0.15) is 13.2 Å². The summed E-state index contributed by atoms with van der Waals surface area (Å²) in [6.07, 6.45) is 1.42. The summed E-state index contributed by atoms with van der Waals surface area (Å²) in [4.78, 5) is 15.2. The highest BCUT2D eigenvalue weighted by molar-refractivity contribution is 7.92. The lowest BCUT2D eigenvalue weighted by Crippen LogP contribution is -2.24. The van der Waals surface area contributed by atoms with Gasteiger partial charge >= 0.3 is 5.51 Å². The fourth-order valence-electron chi connectivity index (χ4n) is 2.43. The Morgan fingerprint density at radius 2 is 1.74 bits per heavy atom. The first kappa shape index (κ1) is 22.2. The van der Waals surface area contributed by atoms with E-state index in [1.807, 2.05) is 0 Å². The molecule has 0 fully saturated rings. The van der Waals surface area contributed by atoms with E-state index in [4.69, 9.17) is 4.74 Å². The van der Waals surface area contributed by atoms with E-state index in [-0.39, 0.29) is 23.7 Å². The highest BCUT2D eigenvalue weighted by atomic mass is 32.2. The zero-order valence-electron chi connectivity index (χ0n) is 15.6. The van der Waals surface area contributed by atoms with Crippen molar-refractivity contribution in [2.75, 3.05) is 0 Å². The minimum Gasteiger partial charge on any atom is -0.439 e. The molecule has 1 heterocycles. The molecule has 0 unspecified atom stereocenters. The van der Waals surface area contributed by atoms with Gasteiger partial charge in [0.2, 0.25) is 5.88 Å². The van der Waals surface area contributed by atoms with Crippen LogP contribution < -0.4 is 10.1 Å². The average Bonchev–Trinajstić information content (AvgIpc) is 2.72. The smallest absolute Gasteiger partial charge is 0.439 e. The van der Waals surface area contributed by atoms with E-state index < -0.39 is 32.0 Å². The van der Waals surface area contributed by atoms with Crippen molar-refractivity contribution < 1.29 is 35.5 Å². The molecular weight excluding hydrogens is 440 g/mol. The fourth-order valence-corrected chi connectivity index (χ4v) is 3.19. The summed E-state index contributed by atoms with van der Waals surface area (Å²) >= 11 is 0. The van der Waals surface area contributed by atoms with E-state index in [9.17, 15) is 30.8 Å². The predicted octanol–water partition coefficient (Wildman–Crippen LogP) is 4.24. The third kappa shape index (κ3) is 5.37. The highest BCUT2D eigenvalue weighted by Crippen LogP contribution is 2.30. The maximum atomic E-state index is 13.2. The fraction of sp³-hybridized carbons (Fsp3) is 0.100. The van der Waals surface area contributed by atoms with Gasteiger partial charge in [0, 0.05) is 30.4 Å². The van der Waals surface area contributed by atoms with Crippen LogP contribution in [0.15, 0.2) is 71.8 Å². The molecule has 0 atom stereocenters. The Kier molecular flexibility index (Phi) is 6.25. The molecule has 11 heteroatoms. The number of ether oxygens (including phenoxy) is 1. The summed E-state index contributed by atoms with van der Waals surface area (Å²) in [5.74, 6) is -0.594. The SMILES string of the molecule is O=C(NCc1ccc(Oc2cccc(F)c2)nc1)c1ccc(S(=O)(=O)C(F)(F)F)cc1. The molecule has 1 N–H and O–H groups in total. The molecule has 0 radical (unpaired) electrons. The Labute approximate surface area is 174 Å². The molecule has 3 aromatic rings. The van der Waals surface area contributed by atoms with Crippen LogP contribution in [0, 0.1) is 5.82 Å². The lowest BCUT2D eigenvalue weighted by Gasteiger charge is -2.09. The maximum absolute atomic E-state index is 13.2. The van der Waals surface area contributed by atoms with Gasteiger partial charge in [0.1, 0.15) is 11.6 Å². The zero-order chi connectivity index (χ0) is 22.6. The van der Waals surface area contributed by atoms with Gasteiger partial charge < -0.3 is 10.1 Å². The molecule has 2 aromatic carbocycles. The Morgan fingerprint density at radius 1 is 1.03 bits per heavy atom. The Morgan fingerprint density at radius 3 is 2.32 bits per heavy atom. The van der Waals surface area contributed by atoms with Crippen LogP contribution in [-0.4, -0.2) is 24.8 Å². The second kappa shape index (κ2) is 8.72. The number of hydrogen-bond acceptors (Lipinski definition) is 5. The maximum Gasteiger partial charge on any atom is 0.501 e. The first-order chi connectivity index (χ1) is 14.6. The normalized spacial score (nSPS) is 11.7. The van der Waals surface area contributed by atoms with Crippen LogP contribution in [0.3, 0.4) is 0 Å². The standard InChI is InChI=1S/C20H14F4N2O4S/c21-15-2-1-3-16(10-15)30-18-9-4-13(11-25-18)12-26-19(27)14-5-7-17(8-6-14)31(28,29)20(22,23)24/h1-11H,12H2,(H,26,27). The van der Waals surface area contributed by atoms with Crippen LogP contribution in [0.2, 0.25) is 0 Å². The largest absolute Gasteiger partial charge is 0.501 e. The Hall–Kier alpha value is -3.47. The Balaban J connectivity index is 1.59. The van der Waals surface area contributed by atoms with Gasteiger partial charge in [0.05, 0.1) is 4.90 Å². The van der Waals surface area contributed by atoms with E-state index in [0.29, 0.717) is 5.56 Å². The predicted molar refractivity (Wildman–Crippen MR) is 102 cm³/mol. The molecule has 162 valence electrons. The minimum atomic E-state index is -5.48. The van der Waals surface area contributed by atoms with Crippen molar-refractivity contribution in [1.29, 1.82) is 0 Å². The van der Waals surface area contributed by atoms with Gasteiger partial charge in [-0.3, -0.25) is 4.79 Å². The molecule has 0 aliphatic rings. The third-order valence-electron chi connectivity index (χ3n) is 4.00. The second-order valence-corrected chi connectivity index (χ2v) is 8.16. The molecule has 31 heavy (non-hydrogen) atoms. The quantitative estimate of drug-likeness (QED) is 0.564. The lowest BCUT2D eigenvalue weighted by atomic mass is 10.2. The summed E-state index contributed by atoms with van der Waals surface area (Å²) in [6, 6.07) is 12.1. The summed E-state index contributed by atoms with van der Waals surface area (Å²) in [5.41, 5.74) is -4.84. The molecule has 1 aromatic heterocycles. The molecule has 6 nitrogen and oxygen atoms in total. The molecule has 0 aliphatic heterocycles. The summed E-state index contributed by atoms with van der Waals surface area (Å²) in [7, 11) is -5.48. The number of alkyl halides is 3. The topological polar surface area (TPSA) is 85.4 Å². The number of aromatic nitrogens is 1. The first-order valence-corrected chi connectivity index (χ1v) is 10.1. The number of benzene rings is 2. The van der Waals surface area contributed by atoms with Gasteiger partial charge in [-0.05, 0) is 42.0 Å². The minimum absolute atomic E-state index is 0.0138. The summed E-state index contributed by atoms with van der Waals surface area (Å²) < 4.78 is 78.9. The third-order valence-corrected chi connectivity index (χ3v) is 5.50. The van der Waals surface area contributed by atoms with Gasteiger partial charge in [0.25, 0.3) is 15.7 Å². The van der Waals surface area contributed by atoms with Crippen LogP contribution >= 0.6 is 0 Å². The Bertz CT molecular complexity index is 1180. The van der Waals surface area contributed by atoms with Gasteiger partial charge in [0.15, 0.2) is 0 Å². The van der Waals surface area contributed by atoms with Gasteiger partial charge in [-0.1, -0.05) is 12.1 Å². The highest BCUT2D eigenvalue weighted by Gasteiger charge is 2.46. The molecule has 0 saturated heterocycles. The van der Waals surface area contributed by atoms with Crippen molar-refractivity contribution in [2.45, 2.75) is 16.9 Å². The molecule has 0 saturated carbocycles. The average molecular weight is 454 g/mol. The van der Waals surface area contributed by atoms with Crippen LogP contribution in [0.4, 0.5) is 17.6 Å². The van der Waals surface area contributed by atoms with Crippen molar-refractivity contribution in [3.05, 3.63) is 83.8 Å². The van der Waals surface area contributed by atoms with E-state index in [1.54, 1.807) is 12.1 Å². The summed E-state index contributed by atoms with van der Waals surface area (Å²) in [6.45, 7) is 0.0503. The lowest BCUT2D eigenvalue weighted by molar-refractivity contribution is -0.0436. The number of amides is 1. The van der Waals surface area contributed by atoms with Crippen molar-refractivity contribution in [3.8, 4) is 11.6 Å². The van der Waals surface area contributed by atoms with Crippen LogP contribution in [0.5, 0.6) is 11.6 Å². The van der Waals surface area contributed by atoms with Crippen LogP contribution in [0.25, 0.3) is 0 Å². The summed E-state index contributed by atoms with van der Waals surface area (Å²) in [5, 5.41) is 2.54. The van der Waals surface area contributed by atoms with Crippen molar-refractivity contribution in [1.82, 2.24) is 10.3 Å². The first-order valence-electron chi connectivity index (χ1n) is 8.64. The number of nitrogens with one attached hydrogen (secondary N) is 1. The molecule has 0 aliphatic carbocycles. The van der Waals surface area contributed by atoms with Crippen molar-refractivity contribution >= 4 is 15.7 Å². The molecule has 0 spiro atoms. The number of carbonyl (C=O) groups is 1. The van der Waals surface area contributed by atoms with E-state index in [1.165, 1.54) is 30.5 Å². The van der Waals surface area contributed by atoms with Crippen molar-refractivity contribution in [3.63, 3.8) is 0 Å². The number of carbonyl (C=O) groups excluding carboxylic acids is 1. The van der Waals surface area contributed by atoms with Gasteiger partial charge in [-0.25, -0.2) is 17.8 Å². The monoisotopic (exact) mass is 454 g/mol. The molecule has 1 amide bonds. The van der Waals surface area contributed by atoms with E-state index >= 15 is 0 Å². The number of rotatable bonds is 6. The second-order valence-electron chi connectivity index (χ2n) is 6.22. The van der Waals surface area contributed by atoms with E-state index in [2.05, 4.69) is 10.3 Å². The van der Waals surface area contributed by atoms with E-state index in [0.717, 1.165) is 24.3 Å². The number of pyridine rings is 1. The molecule has 3 rings (SSSR count). The molecular formula is C20H14F4N2O4S. The van der Waals surface area contributed by atoms with Crippen LogP contribution in [-0.2, 0) is 16.4 Å². The van der Waals surface area contributed by atoms with Gasteiger partial charge in [-0.15, -0.1) is 0 Å². The number of nitrogens with zero attached hydrogens (tertiary/aromatic N) is 1. The zero-order valence-corrected chi connectivity index (χ0v) is 16.4. The number of halogens is 4. The number of sulfone groups is 1. The van der Waals surface area contributed by atoms with Crippen LogP contribution in [0.1, 0.15) is 15.9 Å². The molecule has 0 bridgehead atoms. The van der Waals surface area contributed by atoms with Crippen molar-refractivity contribution in [2.24, 2.45) is 0 Å².